The number of hydrogen-bond donors (Lipinski definition) is 8. The van der Waals surface area contributed by atoms with E-state index in [9.17, 15) is 52.5 Å². The third-order valence-corrected chi connectivity index (χ3v) is 29.5. The molecule has 0 aromatic carbocycles. The molecule has 4 aliphatic heterocycles. The Labute approximate surface area is 701 Å². The predicted octanol–water partition coefficient (Wildman–Crippen LogP) is 13.6. The lowest BCUT2D eigenvalue weighted by Crippen LogP contribution is -2.51. The van der Waals surface area contributed by atoms with E-state index in [1.165, 1.54) is 175 Å². The maximum Gasteiger partial charge on any atom is 0.472 e. The summed E-state index contributed by atoms with van der Waals surface area (Å²) >= 11 is 1.01. The molecule has 0 bridgehead atoms. The highest BCUT2D eigenvalue weighted by atomic mass is 32.7. The number of anilines is 3. The molecule has 11 N–H and O–H groups in total. The molecule has 6 aromatic heterocycles. The highest BCUT2D eigenvalue weighted by Crippen LogP contribution is 2.62. The van der Waals surface area contributed by atoms with Crippen molar-refractivity contribution in [2.75, 3.05) is 75.5 Å². The summed E-state index contributed by atoms with van der Waals surface area (Å²) in [5.41, 5.74) is 17.1. The van der Waals surface area contributed by atoms with Crippen LogP contribution in [0.15, 0.2) is 38.0 Å². The summed E-state index contributed by atoms with van der Waals surface area (Å²) in [6, 6.07) is 0. The minimum Gasteiger partial charge on any atom is -0.465 e. The van der Waals surface area contributed by atoms with Crippen molar-refractivity contribution in [3.05, 3.63) is 38.0 Å². The maximum atomic E-state index is 14.7. The first-order valence-electron chi connectivity index (χ1n) is 41.9. The zero-order valence-corrected chi connectivity index (χ0v) is 73.4. The van der Waals surface area contributed by atoms with Gasteiger partial charge in [0.1, 0.15) is 103 Å². The molecule has 7 unspecified atom stereocenters. The summed E-state index contributed by atoms with van der Waals surface area (Å²) in [6.45, 7) is -7.65. The number of rotatable bonds is 59. The number of nitrogens with zero attached hydrogens (tertiary/aromatic N) is 12. The Bertz CT molecular complexity index is 4320. The van der Waals surface area contributed by atoms with Gasteiger partial charge in [-0.25, -0.2) is 63.1 Å². The average Bonchev–Trinajstić information content (AvgIpc) is 1.58. The lowest BCUT2D eigenvalue weighted by atomic mass is 9.89. The Balaban J connectivity index is 0.744. The van der Waals surface area contributed by atoms with Gasteiger partial charge in [-0.2, -0.15) is 0 Å². The van der Waals surface area contributed by atoms with E-state index in [4.69, 9.17) is 77.5 Å². The summed E-state index contributed by atoms with van der Waals surface area (Å²) < 4.78 is 138. The van der Waals surface area contributed by atoms with E-state index >= 15 is 0 Å². The molecule has 4 aliphatic rings. The molecule has 6 aromatic rings. The first-order valence-corrected chi connectivity index (χ1v) is 51.2. The van der Waals surface area contributed by atoms with E-state index in [1.807, 2.05) is 0 Å². The van der Waals surface area contributed by atoms with Gasteiger partial charge in [0.15, 0.2) is 53.1 Å². The molecule has 0 amide bonds. The predicted molar refractivity (Wildman–Crippen MR) is 443 cm³/mol. The van der Waals surface area contributed by atoms with Gasteiger partial charge in [-0.3, -0.25) is 50.4 Å². The number of carbonyl (C=O) groups excluding carboxylic acids is 2. The number of phosphoric acid groups is 2. The van der Waals surface area contributed by atoms with E-state index in [1.54, 1.807) is 0 Å². The van der Waals surface area contributed by atoms with Crippen LogP contribution < -0.4 is 17.2 Å². The van der Waals surface area contributed by atoms with Crippen molar-refractivity contribution in [1.82, 2.24) is 58.6 Å². The van der Waals surface area contributed by atoms with Crippen LogP contribution in [0.5, 0.6) is 0 Å². The first-order chi connectivity index (χ1) is 57.4. The Morgan fingerprint density at radius 3 is 1.34 bits per heavy atom. The zero-order valence-electron chi connectivity index (χ0n) is 68.2. The van der Waals surface area contributed by atoms with Crippen LogP contribution >= 0.6 is 52.0 Å². The molecule has 4 saturated heterocycles. The summed E-state index contributed by atoms with van der Waals surface area (Å²) in [5, 5.41) is 12.2. The SMILES string of the molecule is CCCCCCCCCCCCCCCCCC(=O)OCCSP(=O)(O)OC[C@H]1O[C@@H](n2cnc3c(N)ncnc32)C(OP(=O)(O)OC[C@H]2O[C@@H](n3cnc4c(N)ncnc43)C(OP(=O)(O)OC[C@]34CCCO[C@@H]3C(OP(=O)(O)SCCOC(=O)CCCCCCCCCCCCCCCCC)[C@H](n3cnc5c(N)ncnc53)O4)[C@H]2O)[C@H]1OC. The molecule has 0 radical (unpaired) electrons. The molecular weight excluding hydrogens is 1670 g/mol. The van der Waals surface area contributed by atoms with E-state index in [2.05, 4.69) is 58.7 Å². The fraction of sp³-hybridized carbons (Fsp3) is 0.770. The molecule has 39 nitrogen and oxygen atoms in total. The van der Waals surface area contributed by atoms with Crippen LogP contribution in [0.25, 0.3) is 33.5 Å². The van der Waals surface area contributed by atoms with Crippen molar-refractivity contribution >= 4 is 115 Å². The van der Waals surface area contributed by atoms with Crippen molar-refractivity contribution in [2.24, 2.45) is 0 Å². The summed E-state index contributed by atoms with van der Waals surface area (Å²) in [5.74, 6) is -1.25. The average molecular weight is 1790 g/mol. The number of nitrogens with two attached hydrogens (primary N) is 3. The standard InChI is InChI=1S/C74H121N15O24P4S2/c1-4-6-8-10-12-14-16-18-20-22-24-26-28-30-32-35-54(90)102-39-41-118-116(97,98)106-44-53-60(101-3)62(72(109-53)88-50-85-57-66(76)79-47-82-69(57)88)112-114(93,94)105-43-52-59(92)61(71(108-52)87-49-84-56-65(75)78-46-81-68(56)87)111-115(95,96)107-45-74-37-34-38-104-64(74)63(73(110-74)89-51-86-58-67(77)80-48-83-70(58)89)113-117(99,100)119-42-40-103-55(91)36-33-31-29-27-25-23-21-19-17-15-13-11-9-7-5-2/h46-53,59-64,71-73,92H,4-45H2,1-3H3,(H,93,94)(H,95,96)(H,97,98)(H,99,100)(H2,75,78,81)(H2,76,79,82)(H2,77,80,83)/t52-,53-,59+,60+,61?,62?,63?,64-,71-,72-,73-,74-/m1/s1. The number of aromatic nitrogens is 12. The molecule has 4 fully saturated rings. The van der Waals surface area contributed by atoms with Crippen molar-refractivity contribution in [3.63, 3.8) is 0 Å². The second kappa shape index (κ2) is 47.9. The number of unbranched alkanes of at least 4 members (excludes halogenated alkanes) is 28. The summed E-state index contributed by atoms with van der Waals surface area (Å²) in [6.07, 6.45) is 25.6. The van der Waals surface area contributed by atoms with Crippen molar-refractivity contribution in [2.45, 2.75) is 305 Å². The normalized spacial score (nSPS) is 24.7. The third kappa shape index (κ3) is 28.5. The number of aliphatic hydroxyl groups excluding tert-OH is 1. The molecule has 668 valence electrons. The van der Waals surface area contributed by atoms with E-state index in [-0.39, 0.29) is 108 Å². The summed E-state index contributed by atoms with van der Waals surface area (Å²) in [7, 11) is -9.82. The van der Waals surface area contributed by atoms with Gasteiger partial charge in [-0.05, 0) is 48.4 Å². The molecule has 16 atom stereocenters. The number of imidazole rings is 3. The fourth-order valence-corrected chi connectivity index (χ4v) is 21.7. The number of nitrogen functional groups attached to an aromatic ring is 3. The number of ether oxygens (including phenoxy) is 7. The Hall–Kier alpha value is -5.03. The quantitative estimate of drug-likeness (QED) is 0.00998. The number of esters is 2. The first kappa shape index (κ1) is 96.2. The van der Waals surface area contributed by atoms with E-state index in [0.717, 1.165) is 63.9 Å². The smallest absolute Gasteiger partial charge is 0.465 e. The zero-order chi connectivity index (χ0) is 84.8. The molecule has 0 saturated carbocycles. The molecule has 10 rings (SSSR count). The van der Waals surface area contributed by atoms with Gasteiger partial charge in [0.25, 0.3) is 0 Å². The van der Waals surface area contributed by atoms with Gasteiger partial charge in [0.2, 0.25) is 0 Å². The van der Waals surface area contributed by atoms with Crippen LogP contribution in [0.4, 0.5) is 17.5 Å². The molecule has 119 heavy (non-hydrogen) atoms. The Kier molecular flexibility index (Phi) is 38.7. The topological polar surface area (TPSA) is 532 Å². The van der Waals surface area contributed by atoms with Crippen LogP contribution in [-0.4, -0.2) is 208 Å². The molecule has 45 heteroatoms. The van der Waals surface area contributed by atoms with Crippen molar-refractivity contribution < 1.29 is 113 Å². The Morgan fingerprint density at radius 1 is 0.487 bits per heavy atom. The summed E-state index contributed by atoms with van der Waals surface area (Å²) in [4.78, 5) is 109. The minimum atomic E-state index is -5.55. The molecule has 10 heterocycles. The Morgan fingerprint density at radius 2 is 0.882 bits per heavy atom. The largest absolute Gasteiger partial charge is 0.472 e. The molecule has 0 aliphatic carbocycles. The lowest BCUT2D eigenvalue weighted by molar-refractivity contribution is -0.165. The number of aliphatic hydroxyl groups is 1. The monoisotopic (exact) mass is 1790 g/mol. The highest BCUT2D eigenvalue weighted by Gasteiger charge is 2.62. The van der Waals surface area contributed by atoms with Gasteiger partial charge in [-0.15, -0.1) is 0 Å². The van der Waals surface area contributed by atoms with Gasteiger partial charge in [-0.1, -0.05) is 194 Å². The molecule has 0 spiro atoms. The second-order valence-electron chi connectivity index (χ2n) is 30.5. The van der Waals surface area contributed by atoms with Crippen LogP contribution in [0.2, 0.25) is 0 Å². The number of methoxy groups -OCH3 is 1. The van der Waals surface area contributed by atoms with Gasteiger partial charge in [0.05, 0.1) is 38.8 Å². The minimum absolute atomic E-state index is 0.00795. The second-order valence-corrected chi connectivity index (χ2v) is 41.3. The number of hydrogen-bond acceptors (Lipinski definition) is 34. The van der Waals surface area contributed by atoms with Crippen molar-refractivity contribution in [3.8, 4) is 0 Å². The number of fused-ring (bicyclic) bond motifs is 4. The van der Waals surface area contributed by atoms with E-state index < -0.39 is 134 Å². The maximum absolute atomic E-state index is 14.7. The van der Waals surface area contributed by atoms with Crippen LogP contribution in [-0.2, 0) is 88.1 Å². The van der Waals surface area contributed by atoms with Crippen LogP contribution in [0.3, 0.4) is 0 Å². The fourth-order valence-electron chi connectivity index (χ4n) is 15.3. The number of phosphoric ester groups is 2. The number of carbonyl (C=O) groups is 2. The van der Waals surface area contributed by atoms with E-state index in [0.29, 0.717) is 35.6 Å². The lowest BCUT2D eigenvalue weighted by Gasteiger charge is -2.38. The van der Waals surface area contributed by atoms with Gasteiger partial charge in [0, 0.05) is 38.1 Å². The highest BCUT2D eigenvalue weighted by molar-refractivity contribution is 8.55. The van der Waals surface area contributed by atoms with Crippen molar-refractivity contribution in [1.29, 1.82) is 0 Å². The third-order valence-electron chi connectivity index (χ3n) is 21.6. The van der Waals surface area contributed by atoms with Crippen LogP contribution in [0, 0.1) is 0 Å². The molecular formula is C74H121N15O24P4S2. The van der Waals surface area contributed by atoms with Crippen LogP contribution in [0.1, 0.15) is 251 Å². The van der Waals surface area contributed by atoms with Gasteiger partial charge < -0.3 is 75.0 Å². The van der Waals surface area contributed by atoms with Gasteiger partial charge >= 0.3 is 41.2 Å².